The number of likely N-dealkylation sites (N-methyl/N-ethyl adjacent to an activating group) is 1. The van der Waals surface area contributed by atoms with Crippen molar-refractivity contribution in [3.05, 3.63) is 0 Å². The second-order valence-corrected chi connectivity index (χ2v) is 6.86. The molecule has 0 aromatic heterocycles. The lowest BCUT2D eigenvalue weighted by atomic mass is 9.99. The van der Waals surface area contributed by atoms with Crippen LogP contribution in [0.15, 0.2) is 0 Å². The van der Waals surface area contributed by atoms with Crippen molar-refractivity contribution in [3.63, 3.8) is 0 Å². The topological polar surface area (TPSA) is 21.8 Å². The molecule has 0 aromatic carbocycles. The Morgan fingerprint density at radius 3 is 2.25 bits per heavy atom. The van der Waals surface area contributed by atoms with E-state index in [1.54, 1.807) is 0 Å². The maximum absolute atomic E-state index is 3.50. The van der Waals surface area contributed by atoms with Crippen molar-refractivity contribution in [2.45, 2.75) is 31.7 Å². The van der Waals surface area contributed by atoms with E-state index in [-0.39, 0.29) is 0 Å². The second kappa shape index (κ2) is 8.32. The van der Waals surface area contributed by atoms with Crippen molar-refractivity contribution in [2.24, 2.45) is 5.92 Å². The Labute approximate surface area is 125 Å². The number of nitrogens with one attached hydrogen (secondary N) is 1. The van der Waals surface area contributed by atoms with Crippen LogP contribution < -0.4 is 5.32 Å². The summed E-state index contributed by atoms with van der Waals surface area (Å²) in [5.41, 5.74) is 0. The highest BCUT2D eigenvalue weighted by atomic mass is 15.3. The van der Waals surface area contributed by atoms with Gasteiger partial charge >= 0.3 is 0 Å². The predicted octanol–water partition coefficient (Wildman–Crippen LogP) is 0.944. The first-order chi connectivity index (χ1) is 9.69. The molecule has 0 spiro atoms. The van der Waals surface area contributed by atoms with Gasteiger partial charge in [0.2, 0.25) is 0 Å². The molecular formula is C16H34N4. The Hall–Kier alpha value is -0.160. The largest absolute Gasteiger partial charge is 0.317 e. The molecule has 2 atom stereocenters. The van der Waals surface area contributed by atoms with Crippen molar-refractivity contribution >= 4 is 0 Å². The Bertz CT molecular complexity index is 261. The normalized spacial score (nSPS) is 29.4. The van der Waals surface area contributed by atoms with E-state index in [1.807, 2.05) is 0 Å². The van der Waals surface area contributed by atoms with Crippen molar-refractivity contribution in [1.29, 1.82) is 0 Å². The molecule has 0 amide bonds. The fourth-order valence-corrected chi connectivity index (χ4v) is 3.69. The van der Waals surface area contributed by atoms with Crippen molar-refractivity contribution in [1.82, 2.24) is 20.0 Å². The van der Waals surface area contributed by atoms with Crippen LogP contribution in [0.5, 0.6) is 0 Å². The molecule has 1 saturated carbocycles. The van der Waals surface area contributed by atoms with Gasteiger partial charge in [-0.1, -0.05) is 6.42 Å². The summed E-state index contributed by atoms with van der Waals surface area (Å²) in [5, 5.41) is 3.50. The van der Waals surface area contributed by atoms with E-state index in [2.05, 4.69) is 41.2 Å². The Morgan fingerprint density at radius 1 is 1.00 bits per heavy atom. The van der Waals surface area contributed by atoms with Crippen molar-refractivity contribution in [3.8, 4) is 0 Å². The Kier molecular flexibility index (Phi) is 6.75. The summed E-state index contributed by atoms with van der Waals surface area (Å²) in [6.45, 7) is 8.78. The van der Waals surface area contributed by atoms with Crippen LogP contribution >= 0.6 is 0 Å². The lowest BCUT2D eigenvalue weighted by molar-refractivity contribution is 0.119. The zero-order chi connectivity index (χ0) is 14.4. The molecule has 20 heavy (non-hydrogen) atoms. The molecule has 1 aliphatic heterocycles. The highest BCUT2D eigenvalue weighted by molar-refractivity contribution is 4.83. The SMILES string of the molecule is CNC1CCCC1CCN1CCN(CCN(C)C)CC1. The van der Waals surface area contributed by atoms with Crippen LogP contribution in [0.2, 0.25) is 0 Å². The van der Waals surface area contributed by atoms with E-state index >= 15 is 0 Å². The first kappa shape index (κ1) is 16.2. The van der Waals surface area contributed by atoms with Gasteiger partial charge < -0.3 is 15.1 Å². The summed E-state index contributed by atoms with van der Waals surface area (Å²) in [7, 11) is 6.46. The summed E-state index contributed by atoms with van der Waals surface area (Å²) in [6.07, 6.45) is 5.64. The van der Waals surface area contributed by atoms with Gasteiger partial charge in [-0.15, -0.1) is 0 Å². The van der Waals surface area contributed by atoms with Gasteiger partial charge in [-0.2, -0.15) is 0 Å². The fourth-order valence-electron chi connectivity index (χ4n) is 3.69. The molecule has 4 nitrogen and oxygen atoms in total. The summed E-state index contributed by atoms with van der Waals surface area (Å²) in [4.78, 5) is 7.57. The average Bonchev–Trinajstić information content (AvgIpc) is 2.91. The van der Waals surface area contributed by atoms with Crippen LogP contribution in [0.25, 0.3) is 0 Å². The molecule has 1 N–H and O–H groups in total. The average molecular weight is 282 g/mol. The molecule has 2 aliphatic rings. The number of hydrogen-bond acceptors (Lipinski definition) is 4. The van der Waals surface area contributed by atoms with Crippen LogP contribution in [0.4, 0.5) is 0 Å². The lowest BCUT2D eigenvalue weighted by Crippen LogP contribution is -2.48. The highest BCUT2D eigenvalue weighted by Gasteiger charge is 2.26. The first-order valence-corrected chi connectivity index (χ1v) is 8.45. The smallest absolute Gasteiger partial charge is 0.0110 e. The molecule has 0 radical (unpaired) electrons. The van der Waals surface area contributed by atoms with E-state index in [0.29, 0.717) is 0 Å². The minimum atomic E-state index is 0.788. The minimum absolute atomic E-state index is 0.788. The third-order valence-electron chi connectivity index (χ3n) is 5.17. The maximum atomic E-state index is 3.50. The first-order valence-electron chi connectivity index (χ1n) is 8.45. The summed E-state index contributed by atoms with van der Waals surface area (Å²) < 4.78 is 0. The molecule has 1 saturated heterocycles. The Morgan fingerprint density at radius 2 is 1.65 bits per heavy atom. The van der Waals surface area contributed by atoms with Crippen LogP contribution in [-0.4, -0.2) is 87.7 Å². The number of nitrogens with zero attached hydrogens (tertiary/aromatic N) is 3. The van der Waals surface area contributed by atoms with Gasteiger partial charge in [-0.3, -0.25) is 4.90 Å². The minimum Gasteiger partial charge on any atom is -0.317 e. The van der Waals surface area contributed by atoms with E-state index in [1.165, 1.54) is 71.5 Å². The molecule has 0 aromatic rings. The molecule has 118 valence electrons. The number of hydrogen-bond donors (Lipinski definition) is 1. The summed E-state index contributed by atoms with van der Waals surface area (Å²) in [5.74, 6) is 0.923. The second-order valence-electron chi connectivity index (χ2n) is 6.86. The predicted molar refractivity (Wildman–Crippen MR) is 86.2 cm³/mol. The van der Waals surface area contributed by atoms with E-state index in [0.717, 1.165) is 12.0 Å². The zero-order valence-corrected chi connectivity index (χ0v) is 13.8. The molecule has 2 fully saturated rings. The van der Waals surface area contributed by atoms with Gasteiger partial charge in [0.05, 0.1) is 0 Å². The van der Waals surface area contributed by atoms with E-state index < -0.39 is 0 Å². The molecule has 4 heteroatoms. The van der Waals surface area contributed by atoms with Gasteiger partial charge in [0.15, 0.2) is 0 Å². The maximum Gasteiger partial charge on any atom is 0.0110 e. The van der Waals surface area contributed by atoms with Gasteiger partial charge in [-0.25, -0.2) is 0 Å². The molecule has 1 heterocycles. The van der Waals surface area contributed by atoms with E-state index in [9.17, 15) is 0 Å². The molecular weight excluding hydrogens is 248 g/mol. The van der Waals surface area contributed by atoms with Crippen LogP contribution in [0, 0.1) is 5.92 Å². The zero-order valence-electron chi connectivity index (χ0n) is 13.8. The summed E-state index contributed by atoms with van der Waals surface area (Å²) in [6, 6.07) is 0.788. The molecule has 2 unspecified atom stereocenters. The van der Waals surface area contributed by atoms with E-state index in [4.69, 9.17) is 0 Å². The third kappa shape index (κ3) is 4.99. The summed E-state index contributed by atoms with van der Waals surface area (Å²) >= 11 is 0. The molecule has 0 bridgehead atoms. The molecule has 1 aliphatic carbocycles. The van der Waals surface area contributed by atoms with Crippen molar-refractivity contribution in [2.75, 3.05) is 67.0 Å². The third-order valence-corrected chi connectivity index (χ3v) is 5.17. The molecule has 2 rings (SSSR count). The van der Waals surface area contributed by atoms with Gasteiger partial charge in [0, 0.05) is 45.3 Å². The van der Waals surface area contributed by atoms with Gasteiger partial charge in [0.25, 0.3) is 0 Å². The standard InChI is InChI=1S/C16H34N4/c1-17-16-6-4-5-15(16)7-8-19-11-13-20(14-12-19)10-9-18(2)3/h15-17H,4-14H2,1-3H3. The van der Waals surface area contributed by atoms with Crippen LogP contribution in [0.3, 0.4) is 0 Å². The quantitative estimate of drug-likeness (QED) is 0.750. The number of piperazine rings is 1. The van der Waals surface area contributed by atoms with Crippen LogP contribution in [0.1, 0.15) is 25.7 Å². The monoisotopic (exact) mass is 282 g/mol. The highest BCUT2D eigenvalue weighted by Crippen LogP contribution is 2.28. The fraction of sp³-hybridized carbons (Fsp3) is 1.00. The Balaban J connectivity index is 1.60. The van der Waals surface area contributed by atoms with Gasteiger partial charge in [-0.05, 0) is 52.9 Å². The lowest BCUT2D eigenvalue weighted by Gasteiger charge is -2.36. The van der Waals surface area contributed by atoms with Crippen LogP contribution in [-0.2, 0) is 0 Å². The van der Waals surface area contributed by atoms with Crippen molar-refractivity contribution < 1.29 is 0 Å². The number of rotatable bonds is 7. The van der Waals surface area contributed by atoms with Gasteiger partial charge in [0.1, 0.15) is 0 Å².